The molecule has 2 aromatic carbocycles. The van der Waals surface area contributed by atoms with Crippen LogP contribution in [0.2, 0.25) is 0 Å². The van der Waals surface area contributed by atoms with Gasteiger partial charge in [-0.15, -0.1) is 0 Å². The van der Waals surface area contributed by atoms with Crippen LogP contribution in [0.15, 0.2) is 71.3 Å². The zero-order valence-corrected chi connectivity index (χ0v) is 13.6. The van der Waals surface area contributed by atoms with E-state index in [2.05, 4.69) is 5.32 Å². The lowest BCUT2D eigenvalue weighted by atomic mass is 10.1. The van der Waals surface area contributed by atoms with E-state index < -0.39 is 17.7 Å². The van der Waals surface area contributed by atoms with Crippen LogP contribution in [0.4, 0.5) is 5.69 Å². The van der Waals surface area contributed by atoms with Gasteiger partial charge in [-0.2, -0.15) is 0 Å². The number of nitrogens with zero attached hydrogens (tertiary/aromatic N) is 1. The molecule has 1 aromatic heterocycles. The predicted octanol–water partition coefficient (Wildman–Crippen LogP) is 3.01. The summed E-state index contributed by atoms with van der Waals surface area (Å²) in [6, 6.07) is 16.6. The molecule has 0 spiro atoms. The molecule has 4 rings (SSSR count). The van der Waals surface area contributed by atoms with Crippen LogP contribution >= 0.6 is 0 Å². The second kappa shape index (κ2) is 6.33. The largest absolute Gasteiger partial charge is 0.467 e. The SMILES string of the molecule is O=C(NCc1ccco1)c1ccccc1N1C(=O)c2ccccc2C1=O. The number of benzene rings is 2. The molecule has 6 heteroatoms. The molecular weight excluding hydrogens is 332 g/mol. The van der Waals surface area contributed by atoms with Gasteiger partial charge in [-0.25, -0.2) is 4.90 Å². The molecule has 1 aliphatic rings. The number of carbonyl (C=O) groups is 3. The Hall–Kier alpha value is -3.67. The Morgan fingerprint density at radius 3 is 2.19 bits per heavy atom. The minimum absolute atomic E-state index is 0.211. The van der Waals surface area contributed by atoms with E-state index in [1.54, 1.807) is 60.7 Å². The Morgan fingerprint density at radius 2 is 1.54 bits per heavy atom. The Bertz CT molecular complexity index is 973. The molecule has 3 amide bonds. The van der Waals surface area contributed by atoms with E-state index in [9.17, 15) is 14.4 Å². The number of hydrogen-bond donors (Lipinski definition) is 1. The third kappa shape index (κ3) is 2.57. The summed E-state index contributed by atoms with van der Waals surface area (Å²) in [5.41, 5.74) is 1.18. The highest BCUT2D eigenvalue weighted by Gasteiger charge is 2.37. The smallest absolute Gasteiger partial charge is 0.266 e. The van der Waals surface area contributed by atoms with Crippen molar-refractivity contribution in [1.29, 1.82) is 0 Å². The number of nitrogens with one attached hydrogen (secondary N) is 1. The summed E-state index contributed by atoms with van der Waals surface area (Å²) >= 11 is 0. The molecule has 0 aliphatic carbocycles. The van der Waals surface area contributed by atoms with Crippen LogP contribution in [0.3, 0.4) is 0 Å². The van der Waals surface area contributed by atoms with Crippen molar-refractivity contribution in [3.63, 3.8) is 0 Å². The van der Waals surface area contributed by atoms with Gasteiger partial charge in [-0.3, -0.25) is 14.4 Å². The van der Waals surface area contributed by atoms with Crippen LogP contribution in [-0.2, 0) is 6.54 Å². The average Bonchev–Trinajstić information content (AvgIpc) is 3.28. The molecule has 0 atom stereocenters. The number of anilines is 1. The first kappa shape index (κ1) is 15.8. The van der Waals surface area contributed by atoms with Crippen LogP contribution in [0.1, 0.15) is 36.8 Å². The van der Waals surface area contributed by atoms with E-state index in [1.165, 1.54) is 6.26 Å². The molecule has 0 bridgehead atoms. The number of fused-ring (bicyclic) bond motifs is 1. The van der Waals surface area contributed by atoms with Crippen LogP contribution in [0, 0.1) is 0 Å². The third-order valence-corrected chi connectivity index (χ3v) is 4.19. The van der Waals surface area contributed by atoms with Crippen molar-refractivity contribution >= 4 is 23.4 Å². The fraction of sp³-hybridized carbons (Fsp3) is 0.0500. The summed E-state index contributed by atoms with van der Waals surface area (Å²) in [4.78, 5) is 39.0. The van der Waals surface area contributed by atoms with Crippen LogP contribution < -0.4 is 10.2 Å². The lowest BCUT2D eigenvalue weighted by Crippen LogP contribution is -2.32. The monoisotopic (exact) mass is 346 g/mol. The minimum Gasteiger partial charge on any atom is -0.467 e. The van der Waals surface area contributed by atoms with Crippen LogP contribution in [0.5, 0.6) is 0 Å². The van der Waals surface area contributed by atoms with Gasteiger partial charge in [0, 0.05) is 0 Å². The first-order chi connectivity index (χ1) is 12.7. The number of amides is 3. The summed E-state index contributed by atoms with van der Waals surface area (Å²) in [6.07, 6.45) is 1.52. The summed E-state index contributed by atoms with van der Waals surface area (Å²) in [5, 5.41) is 2.73. The van der Waals surface area contributed by atoms with E-state index >= 15 is 0 Å². The molecule has 0 radical (unpaired) electrons. The van der Waals surface area contributed by atoms with Crippen LogP contribution in [0.25, 0.3) is 0 Å². The van der Waals surface area contributed by atoms with E-state index in [4.69, 9.17) is 4.42 Å². The van der Waals surface area contributed by atoms with Crippen molar-refractivity contribution in [2.75, 3.05) is 4.90 Å². The lowest BCUT2D eigenvalue weighted by Gasteiger charge is -2.17. The molecule has 1 N–H and O–H groups in total. The lowest BCUT2D eigenvalue weighted by molar-refractivity contribution is 0.0926. The van der Waals surface area contributed by atoms with Crippen molar-refractivity contribution in [3.05, 3.63) is 89.4 Å². The van der Waals surface area contributed by atoms with E-state index in [-0.39, 0.29) is 17.8 Å². The van der Waals surface area contributed by atoms with Gasteiger partial charge in [0.15, 0.2) is 0 Å². The van der Waals surface area contributed by atoms with Crippen LogP contribution in [-0.4, -0.2) is 17.7 Å². The van der Waals surface area contributed by atoms with Gasteiger partial charge in [0.2, 0.25) is 0 Å². The van der Waals surface area contributed by atoms with Crippen molar-refractivity contribution in [2.24, 2.45) is 0 Å². The molecule has 3 aromatic rings. The van der Waals surface area contributed by atoms with E-state index in [0.29, 0.717) is 16.9 Å². The highest BCUT2D eigenvalue weighted by molar-refractivity contribution is 6.35. The molecule has 0 fully saturated rings. The molecule has 1 aliphatic heterocycles. The Balaban J connectivity index is 1.65. The maximum atomic E-state index is 12.7. The molecular formula is C20H14N2O4. The van der Waals surface area contributed by atoms with Gasteiger partial charge in [0.25, 0.3) is 17.7 Å². The molecule has 26 heavy (non-hydrogen) atoms. The zero-order valence-electron chi connectivity index (χ0n) is 13.6. The molecule has 128 valence electrons. The minimum atomic E-state index is -0.433. The van der Waals surface area contributed by atoms with Gasteiger partial charge in [0.1, 0.15) is 5.76 Å². The standard InChI is InChI=1S/C20H14N2O4/c23-18(21-12-13-6-5-11-26-13)16-9-3-4-10-17(16)22-19(24)14-7-1-2-8-15(14)20(22)25/h1-11H,12H2,(H,21,23). The number of imide groups is 1. The Morgan fingerprint density at radius 1 is 0.885 bits per heavy atom. The van der Waals surface area contributed by atoms with Crippen molar-refractivity contribution in [1.82, 2.24) is 5.32 Å². The molecule has 2 heterocycles. The van der Waals surface area contributed by atoms with Gasteiger partial charge in [-0.05, 0) is 36.4 Å². The van der Waals surface area contributed by atoms with Crippen molar-refractivity contribution < 1.29 is 18.8 Å². The maximum Gasteiger partial charge on any atom is 0.266 e. The summed E-state index contributed by atoms with van der Waals surface area (Å²) in [5.74, 6) is -0.654. The summed E-state index contributed by atoms with van der Waals surface area (Å²) in [7, 11) is 0. The zero-order chi connectivity index (χ0) is 18.1. The quantitative estimate of drug-likeness (QED) is 0.737. The van der Waals surface area contributed by atoms with E-state index in [1.807, 2.05) is 0 Å². The number of rotatable bonds is 4. The number of hydrogen-bond acceptors (Lipinski definition) is 4. The fourth-order valence-corrected chi connectivity index (χ4v) is 2.94. The number of furan rings is 1. The predicted molar refractivity (Wildman–Crippen MR) is 93.9 cm³/mol. The van der Waals surface area contributed by atoms with Crippen molar-refractivity contribution in [2.45, 2.75) is 6.54 Å². The second-order valence-electron chi connectivity index (χ2n) is 5.77. The highest BCUT2D eigenvalue weighted by Crippen LogP contribution is 2.30. The Labute approximate surface area is 149 Å². The molecule has 0 saturated heterocycles. The highest BCUT2D eigenvalue weighted by atomic mass is 16.3. The summed E-state index contributed by atoms with van der Waals surface area (Å²) < 4.78 is 5.19. The topological polar surface area (TPSA) is 79.6 Å². The summed E-state index contributed by atoms with van der Waals surface area (Å²) in [6.45, 7) is 0.211. The normalized spacial score (nSPS) is 13.0. The van der Waals surface area contributed by atoms with E-state index in [0.717, 1.165) is 4.90 Å². The Kier molecular flexibility index (Phi) is 3.85. The van der Waals surface area contributed by atoms with Gasteiger partial charge in [0.05, 0.1) is 35.2 Å². The van der Waals surface area contributed by atoms with Gasteiger partial charge >= 0.3 is 0 Å². The number of para-hydroxylation sites is 1. The number of carbonyl (C=O) groups excluding carboxylic acids is 3. The maximum absolute atomic E-state index is 12.7. The first-order valence-electron chi connectivity index (χ1n) is 8.04. The molecule has 0 saturated carbocycles. The fourth-order valence-electron chi connectivity index (χ4n) is 2.94. The van der Waals surface area contributed by atoms with Gasteiger partial charge in [-0.1, -0.05) is 24.3 Å². The average molecular weight is 346 g/mol. The van der Waals surface area contributed by atoms with Gasteiger partial charge < -0.3 is 9.73 Å². The molecule has 6 nitrogen and oxygen atoms in total. The first-order valence-corrected chi connectivity index (χ1v) is 8.04. The third-order valence-electron chi connectivity index (χ3n) is 4.19. The van der Waals surface area contributed by atoms with Crippen molar-refractivity contribution in [3.8, 4) is 0 Å². The molecule has 0 unspecified atom stereocenters. The second-order valence-corrected chi connectivity index (χ2v) is 5.77.